The number of hydrogen-bond donors (Lipinski definition) is 1. The summed E-state index contributed by atoms with van der Waals surface area (Å²) in [5, 5.41) is 12.6. The first-order chi connectivity index (χ1) is 7.35. The van der Waals surface area contributed by atoms with Crippen LogP contribution in [-0.4, -0.2) is 18.1 Å². The first kappa shape index (κ1) is 10.1. The van der Waals surface area contributed by atoms with Crippen LogP contribution in [0.4, 0.5) is 0 Å². The number of hydrogen-bond acceptors (Lipinski definition) is 3. The molecule has 0 amide bonds. The van der Waals surface area contributed by atoms with Crippen LogP contribution in [0, 0.1) is 16.7 Å². The molecule has 3 nitrogen and oxygen atoms in total. The van der Waals surface area contributed by atoms with Gasteiger partial charge in [-0.1, -0.05) is 6.07 Å². The van der Waals surface area contributed by atoms with Gasteiger partial charge in [-0.3, -0.25) is 4.98 Å². The Morgan fingerprint density at radius 3 is 2.87 bits per heavy atom. The number of pyridine rings is 1. The smallest absolute Gasteiger partial charge is 0.0694 e. The summed E-state index contributed by atoms with van der Waals surface area (Å²) in [6, 6.07) is 6.48. The molecular weight excluding hydrogens is 186 g/mol. The first-order valence-electron chi connectivity index (χ1n) is 5.36. The molecule has 0 aliphatic carbocycles. The van der Waals surface area contributed by atoms with Crippen LogP contribution in [0.1, 0.15) is 18.4 Å². The van der Waals surface area contributed by atoms with Gasteiger partial charge in [-0.25, -0.2) is 0 Å². The van der Waals surface area contributed by atoms with Crippen molar-refractivity contribution in [3.63, 3.8) is 0 Å². The van der Waals surface area contributed by atoms with Crippen LogP contribution in [0.25, 0.3) is 0 Å². The van der Waals surface area contributed by atoms with Crippen molar-refractivity contribution in [1.29, 1.82) is 5.26 Å². The van der Waals surface area contributed by atoms with Crippen LogP contribution in [0.2, 0.25) is 0 Å². The normalized spacial score (nSPS) is 19.4. The lowest BCUT2D eigenvalue weighted by Crippen LogP contribution is -2.37. The summed E-state index contributed by atoms with van der Waals surface area (Å²) in [7, 11) is 0. The zero-order valence-corrected chi connectivity index (χ0v) is 8.74. The van der Waals surface area contributed by atoms with E-state index in [-0.39, 0.29) is 5.41 Å². The van der Waals surface area contributed by atoms with Gasteiger partial charge in [-0.15, -0.1) is 0 Å². The summed E-state index contributed by atoms with van der Waals surface area (Å²) in [5.74, 6) is 0. The monoisotopic (exact) mass is 201 g/mol. The van der Waals surface area contributed by atoms with E-state index in [1.165, 1.54) is 5.56 Å². The fraction of sp³-hybridized carbons (Fsp3) is 0.500. The fourth-order valence-corrected chi connectivity index (χ4v) is 2.13. The van der Waals surface area contributed by atoms with E-state index >= 15 is 0 Å². The molecule has 0 saturated carbocycles. The lowest BCUT2D eigenvalue weighted by Gasteiger charge is -2.31. The zero-order valence-electron chi connectivity index (χ0n) is 8.74. The second-order valence-corrected chi connectivity index (χ2v) is 4.18. The van der Waals surface area contributed by atoms with Crippen LogP contribution in [-0.2, 0) is 6.42 Å². The lowest BCUT2D eigenvalue weighted by atomic mass is 9.76. The van der Waals surface area contributed by atoms with Gasteiger partial charge in [0.25, 0.3) is 0 Å². The molecule has 15 heavy (non-hydrogen) atoms. The Hall–Kier alpha value is -1.40. The van der Waals surface area contributed by atoms with Crippen molar-refractivity contribution in [2.24, 2.45) is 5.41 Å². The molecule has 1 aliphatic heterocycles. The lowest BCUT2D eigenvalue weighted by molar-refractivity contribution is 0.280. The summed E-state index contributed by atoms with van der Waals surface area (Å²) >= 11 is 0. The second kappa shape index (κ2) is 4.41. The Morgan fingerprint density at radius 1 is 1.47 bits per heavy atom. The Balaban J connectivity index is 2.12. The van der Waals surface area contributed by atoms with Crippen LogP contribution >= 0.6 is 0 Å². The van der Waals surface area contributed by atoms with E-state index in [1.807, 2.05) is 18.3 Å². The van der Waals surface area contributed by atoms with Crippen molar-refractivity contribution in [3.05, 3.63) is 30.1 Å². The number of nitrogens with zero attached hydrogens (tertiary/aromatic N) is 2. The minimum atomic E-state index is -0.172. The average molecular weight is 201 g/mol. The topological polar surface area (TPSA) is 48.7 Å². The highest BCUT2D eigenvalue weighted by molar-refractivity contribution is 5.16. The molecular formula is C12H15N3. The largest absolute Gasteiger partial charge is 0.317 e. The molecule has 1 fully saturated rings. The molecule has 2 heterocycles. The fourth-order valence-electron chi connectivity index (χ4n) is 2.13. The predicted molar refractivity (Wildman–Crippen MR) is 58.1 cm³/mol. The highest BCUT2D eigenvalue weighted by atomic mass is 14.9. The van der Waals surface area contributed by atoms with Gasteiger partial charge in [-0.05, 0) is 44.0 Å². The number of rotatable bonds is 2. The SMILES string of the molecule is N#CC1(Cc2cccnc2)CCNCC1. The van der Waals surface area contributed by atoms with E-state index in [4.69, 9.17) is 0 Å². The minimum Gasteiger partial charge on any atom is -0.317 e. The molecule has 78 valence electrons. The van der Waals surface area contributed by atoms with E-state index in [0.717, 1.165) is 32.4 Å². The maximum absolute atomic E-state index is 9.30. The first-order valence-corrected chi connectivity index (χ1v) is 5.36. The molecule has 1 saturated heterocycles. The average Bonchev–Trinajstić information content (AvgIpc) is 2.32. The van der Waals surface area contributed by atoms with Crippen molar-refractivity contribution in [1.82, 2.24) is 10.3 Å². The van der Waals surface area contributed by atoms with Gasteiger partial charge in [0.2, 0.25) is 0 Å². The van der Waals surface area contributed by atoms with Gasteiger partial charge in [0, 0.05) is 12.4 Å². The minimum absolute atomic E-state index is 0.172. The summed E-state index contributed by atoms with van der Waals surface area (Å²) < 4.78 is 0. The molecule has 2 rings (SSSR count). The highest BCUT2D eigenvalue weighted by Gasteiger charge is 2.32. The number of piperidine rings is 1. The molecule has 0 unspecified atom stereocenters. The molecule has 3 heteroatoms. The predicted octanol–water partition coefficient (Wildman–Crippen LogP) is 1.52. The Morgan fingerprint density at radius 2 is 2.27 bits per heavy atom. The van der Waals surface area contributed by atoms with Crippen molar-refractivity contribution in [2.75, 3.05) is 13.1 Å². The van der Waals surface area contributed by atoms with E-state index < -0.39 is 0 Å². The van der Waals surface area contributed by atoms with Crippen molar-refractivity contribution < 1.29 is 0 Å². The van der Waals surface area contributed by atoms with Gasteiger partial charge in [0.15, 0.2) is 0 Å². The molecule has 1 aromatic rings. The summed E-state index contributed by atoms with van der Waals surface area (Å²) in [5.41, 5.74) is 0.995. The van der Waals surface area contributed by atoms with Crippen molar-refractivity contribution in [2.45, 2.75) is 19.3 Å². The third-order valence-corrected chi connectivity index (χ3v) is 3.06. The third-order valence-electron chi connectivity index (χ3n) is 3.06. The Bertz CT molecular complexity index is 347. The molecule has 0 aromatic carbocycles. The molecule has 1 aromatic heterocycles. The molecule has 0 bridgehead atoms. The molecule has 1 N–H and O–H groups in total. The summed E-state index contributed by atoms with van der Waals surface area (Å²) in [6.07, 6.45) is 6.35. The quantitative estimate of drug-likeness (QED) is 0.789. The maximum Gasteiger partial charge on any atom is 0.0694 e. The summed E-state index contributed by atoms with van der Waals surface area (Å²) in [6.45, 7) is 1.90. The Labute approximate surface area is 90.1 Å². The second-order valence-electron chi connectivity index (χ2n) is 4.18. The molecule has 1 aliphatic rings. The van der Waals surface area contributed by atoms with E-state index in [9.17, 15) is 5.26 Å². The van der Waals surface area contributed by atoms with Crippen molar-refractivity contribution in [3.8, 4) is 6.07 Å². The number of nitrogens with one attached hydrogen (secondary N) is 1. The maximum atomic E-state index is 9.30. The molecule has 0 atom stereocenters. The molecule has 0 radical (unpaired) electrons. The van der Waals surface area contributed by atoms with Crippen molar-refractivity contribution >= 4 is 0 Å². The van der Waals surface area contributed by atoms with Gasteiger partial charge >= 0.3 is 0 Å². The Kier molecular flexibility index (Phi) is 2.98. The van der Waals surface area contributed by atoms with Crippen LogP contribution in [0.15, 0.2) is 24.5 Å². The zero-order chi connectivity index (χ0) is 10.6. The van der Waals surface area contributed by atoms with Gasteiger partial charge in [0.05, 0.1) is 11.5 Å². The number of nitriles is 1. The van der Waals surface area contributed by atoms with Crippen LogP contribution in [0.5, 0.6) is 0 Å². The molecule has 0 spiro atoms. The third kappa shape index (κ3) is 2.34. The number of aromatic nitrogens is 1. The van der Waals surface area contributed by atoms with Crippen LogP contribution in [0.3, 0.4) is 0 Å². The van der Waals surface area contributed by atoms with Gasteiger partial charge in [0.1, 0.15) is 0 Å². The standard InChI is InChI=1S/C12H15N3/c13-10-12(3-6-14-7-4-12)8-11-2-1-5-15-9-11/h1-2,5,9,14H,3-4,6-8H2. The van der Waals surface area contributed by atoms with Gasteiger partial charge in [-0.2, -0.15) is 5.26 Å². The van der Waals surface area contributed by atoms with E-state index in [2.05, 4.69) is 16.4 Å². The summed E-state index contributed by atoms with van der Waals surface area (Å²) in [4.78, 5) is 4.09. The highest BCUT2D eigenvalue weighted by Crippen LogP contribution is 2.31. The van der Waals surface area contributed by atoms with E-state index in [1.54, 1.807) is 6.20 Å². The van der Waals surface area contributed by atoms with Gasteiger partial charge < -0.3 is 5.32 Å². The van der Waals surface area contributed by atoms with Crippen LogP contribution < -0.4 is 5.32 Å². The van der Waals surface area contributed by atoms with E-state index in [0.29, 0.717) is 0 Å².